The van der Waals surface area contributed by atoms with E-state index in [2.05, 4.69) is 10.4 Å². The average molecular weight is 489 g/mol. The topological polar surface area (TPSA) is 96.7 Å². The van der Waals surface area contributed by atoms with Crippen LogP contribution in [0.5, 0.6) is 11.5 Å². The van der Waals surface area contributed by atoms with E-state index >= 15 is 0 Å². The van der Waals surface area contributed by atoms with E-state index in [1.807, 2.05) is 18.7 Å². The van der Waals surface area contributed by atoms with E-state index in [4.69, 9.17) is 4.74 Å². The predicted molar refractivity (Wildman–Crippen MR) is 128 cm³/mol. The van der Waals surface area contributed by atoms with Crippen LogP contribution >= 0.6 is 0 Å². The molecule has 0 aliphatic carbocycles. The van der Waals surface area contributed by atoms with Crippen molar-refractivity contribution in [2.45, 2.75) is 39.3 Å². The molecule has 0 bridgehead atoms. The highest BCUT2D eigenvalue weighted by Gasteiger charge is 2.36. The lowest BCUT2D eigenvalue weighted by molar-refractivity contribution is -0.144. The van der Waals surface area contributed by atoms with Crippen LogP contribution in [0.3, 0.4) is 0 Å². The molecule has 3 rings (SSSR count). The molecule has 2 N–H and O–H groups in total. The minimum absolute atomic E-state index is 0.00376. The number of nitrogens with zero attached hydrogens (tertiary/aromatic N) is 3. The van der Waals surface area contributed by atoms with Gasteiger partial charge in [-0.2, -0.15) is 5.10 Å². The van der Waals surface area contributed by atoms with Gasteiger partial charge in [0.1, 0.15) is 17.1 Å². The van der Waals surface area contributed by atoms with E-state index in [9.17, 15) is 23.5 Å². The van der Waals surface area contributed by atoms with Crippen LogP contribution in [0.15, 0.2) is 36.5 Å². The molecule has 188 valence electrons. The van der Waals surface area contributed by atoms with E-state index in [1.54, 1.807) is 31.0 Å². The number of nitrogens with one attached hydrogen (secondary N) is 1. The van der Waals surface area contributed by atoms with Crippen LogP contribution in [0.4, 0.5) is 8.78 Å². The molecule has 3 aromatic rings. The minimum atomic E-state index is -1.56. The first kappa shape index (κ1) is 26.1. The molecule has 8 nitrogen and oxygen atoms in total. The Morgan fingerprint density at radius 2 is 1.91 bits per heavy atom. The molecule has 10 heteroatoms. The van der Waals surface area contributed by atoms with Crippen molar-refractivity contribution in [3.63, 3.8) is 0 Å². The number of carboxylic acid groups (broad SMARTS) is 1. The third-order valence-corrected chi connectivity index (χ3v) is 5.56. The number of hydrogen-bond donors (Lipinski definition) is 2. The van der Waals surface area contributed by atoms with Gasteiger partial charge in [0.2, 0.25) is 0 Å². The molecule has 0 radical (unpaired) electrons. The van der Waals surface area contributed by atoms with Crippen molar-refractivity contribution < 1.29 is 28.2 Å². The number of halogens is 2. The second-order valence-corrected chi connectivity index (χ2v) is 9.45. The molecule has 0 unspecified atom stereocenters. The van der Waals surface area contributed by atoms with Crippen LogP contribution in [-0.4, -0.2) is 57.8 Å². The Morgan fingerprint density at radius 3 is 2.51 bits per heavy atom. The minimum Gasteiger partial charge on any atom is -0.480 e. The standard InChI is InChI=1S/C25H30F2N4O4/c1-15(2)14-31-20-12-18(23(32)29-25(3,24(33)34)8-9-30(4)5)22(10-16(20)13-28-31)35-21-7-6-17(26)11-19(21)27/h6-7,10-13,15H,8-9,14H2,1-5H3,(H,29,32)(H,33,34)/t25-/m0/s1. The summed E-state index contributed by atoms with van der Waals surface area (Å²) in [6, 6.07) is 5.92. The van der Waals surface area contributed by atoms with E-state index < -0.39 is 29.0 Å². The number of carbonyl (C=O) groups is 2. The number of ether oxygens (including phenoxy) is 1. The maximum absolute atomic E-state index is 14.3. The normalized spacial score (nSPS) is 13.3. The van der Waals surface area contributed by atoms with Crippen molar-refractivity contribution in [1.82, 2.24) is 20.0 Å². The number of fused-ring (bicyclic) bond motifs is 1. The number of amides is 1. The van der Waals surface area contributed by atoms with Crippen molar-refractivity contribution in [2.75, 3.05) is 20.6 Å². The molecule has 1 amide bonds. The zero-order chi connectivity index (χ0) is 25.9. The number of hydrogen-bond acceptors (Lipinski definition) is 5. The summed E-state index contributed by atoms with van der Waals surface area (Å²) < 4.78 is 35.1. The van der Waals surface area contributed by atoms with Crippen LogP contribution in [-0.2, 0) is 11.3 Å². The smallest absolute Gasteiger partial charge is 0.329 e. The van der Waals surface area contributed by atoms with Crippen molar-refractivity contribution in [3.05, 3.63) is 53.7 Å². The van der Waals surface area contributed by atoms with E-state index in [-0.39, 0.29) is 29.4 Å². The molecular formula is C25H30F2N4O4. The fourth-order valence-corrected chi connectivity index (χ4v) is 3.52. The number of benzene rings is 2. The third kappa shape index (κ3) is 6.13. The first-order valence-corrected chi connectivity index (χ1v) is 11.2. The lowest BCUT2D eigenvalue weighted by Crippen LogP contribution is -2.53. The second-order valence-electron chi connectivity index (χ2n) is 9.45. The van der Waals surface area contributed by atoms with Gasteiger partial charge in [-0.25, -0.2) is 13.6 Å². The number of aliphatic carboxylic acids is 1. The largest absolute Gasteiger partial charge is 0.480 e. The lowest BCUT2D eigenvalue weighted by atomic mass is 9.96. The van der Waals surface area contributed by atoms with Crippen LogP contribution in [0.2, 0.25) is 0 Å². The fourth-order valence-electron chi connectivity index (χ4n) is 3.52. The summed E-state index contributed by atoms with van der Waals surface area (Å²) in [6.07, 6.45) is 1.75. The van der Waals surface area contributed by atoms with Gasteiger partial charge in [0, 0.05) is 24.5 Å². The summed E-state index contributed by atoms with van der Waals surface area (Å²) in [7, 11) is 3.61. The van der Waals surface area contributed by atoms with Gasteiger partial charge in [-0.3, -0.25) is 9.48 Å². The average Bonchev–Trinajstić information content (AvgIpc) is 3.14. The molecule has 2 aromatic carbocycles. The van der Waals surface area contributed by atoms with Crippen molar-refractivity contribution >= 4 is 22.8 Å². The maximum Gasteiger partial charge on any atom is 0.329 e. The van der Waals surface area contributed by atoms with Gasteiger partial charge in [0.15, 0.2) is 11.6 Å². The molecule has 1 atom stereocenters. The SMILES string of the molecule is CC(C)Cn1ncc2cc(Oc3ccc(F)cc3F)c(C(=O)N[C@@](C)(CCN(C)C)C(=O)O)cc21. The van der Waals surface area contributed by atoms with Gasteiger partial charge < -0.3 is 20.1 Å². The quantitative estimate of drug-likeness (QED) is 0.442. The molecule has 0 saturated heterocycles. The van der Waals surface area contributed by atoms with Crippen LogP contribution in [0, 0.1) is 17.6 Å². The molecule has 35 heavy (non-hydrogen) atoms. The lowest BCUT2D eigenvalue weighted by Gasteiger charge is -2.28. The van der Waals surface area contributed by atoms with Crippen LogP contribution < -0.4 is 10.1 Å². The Labute approximate surface area is 202 Å². The highest BCUT2D eigenvalue weighted by Crippen LogP contribution is 2.32. The molecule has 0 spiro atoms. The molecule has 1 aromatic heterocycles. The van der Waals surface area contributed by atoms with E-state index in [1.165, 1.54) is 13.0 Å². The Kier molecular flexibility index (Phi) is 7.74. The molecule has 0 fully saturated rings. The van der Waals surface area contributed by atoms with Crippen molar-refractivity contribution in [1.29, 1.82) is 0 Å². The third-order valence-electron chi connectivity index (χ3n) is 5.56. The summed E-state index contributed by atoms with van der Waals surface area (Å²) in [6.45, 7) is 6.50. The fraction of sp³-hybridized carbons (Fsp3) is 0.400. The Bertz CT molecular complexity index is 1240. The number of carboxylic acids is 1. The molecule has 1 heterocycles. The number of rotatable bonds is 10. The van der Waals surface area contributed by atoms with Crippen LogP contribution in [0.1, 0.15) is 37.6 Å². The second kappa shape index (κ2) is 10.4. The summed E-state index contributed by atoms with van der Waals surface area (Å²) in [5.74, 6) is -3.60. The first-order valence-electron chi connectivity index (χ1n) is 11.2. The van der Waals surface area contributed by atoms with E-state index in [0.29, 0.717) is 30.1 Å². The van der Waals surface area contributed by atoms with Crippen molar-refractivity contribution in [2.24, 2.45) is 5.92 Å². The summed E-state index contributed by atoms with van der Waals surface area (Å²) in [5, 5.41) is 17.4. The van der Waals surface area contributed by atoms with Gasteiger partial charge in [-0.15, -0.1) is 0 Å². The highest BCUT2D eigenvalue weighted by molar-refractivity contribution is 6.03. The monoisotopic (exact) mass is 488 g/mol. The number of carbonyl (C=O) groups excluding carboxylic acids is 1. The van der Waals surface area contributed by atoms with E-state index in [0.717, 1.165) is 12.1 Å². The zero-order valence-corrected chi connectivity index (χ0v) is 20.4. The summed E-state index contributed by atoms with van der Waals surface area (Å²) >= 11 is 0. The Hall–Kier alpha value is -3.53. The van der Waals surface area contributed by atoms with Gasteiger partial charge >= 0.3 is 5.97 Å². The zero-order valence-electron chi connectivity index (χ0n) is 20.4. The maximum atomic E-state index is 14.3. The van der Waals surface area contributed by atoms with Crippen molar-refractivity contribution in [3.8, 4) is 11.5 Å². The molecule has 0 aliphatic heterocycles. The number of aromatic nitrogens is 2. The Morgan fingerprint density at radius 1 is 1.20 bits per heavy atom. The molecular weight excluding hydrogens is 458 g/mol. The predicted octanol–water partition coefficient (Wildman–Crippen LogP) is 4.29. The van der Waals surface area contributed by atoms with Gasteiger partial charge in [0.25, 0.3) is 5.91 Å². The Balaban J connectivity index is 2.07. The molecule has 0 saturated carbocycles. The molecule has 0 aliphatic rings. The van der Waals surface area contributed by atoms with Gasteiger partial charge in [-0.1, -0.05) is 13.8 Å². The van der Waals surface area contributed by atoms with Crippen LogP contribution in [0.25, 0.3) is 10.9 Å². The highest BCUT2D eigenvalue weighted by atomic mass is 19.1. The van der Waals surface area contributed by atoms with Gasteiger partial charge in [0.05, 0.1) is 17.3 Å². The summed E-state index contributed by atoms with van der Waals surface area (Å²) in [4.78, 5) is 27.3. The summed E-state index contributed by atoms with van der Waals surface area (Å²) in [5.41, 5.74) is -0.919. The van der Waals surface area contributed by atoms with Gasteiger partial charge in [-0.05, 0) is 57.6 Å². The first-order chi connectivity index (χ1) is 16.4.